The van der Waals surface area contributed by atoms with Crippen LogP contribution in [0.3, 0.4) is 0 Å². The summed E-state index contributed by atoms with van der Waals surface area (Å²) in [5.41, 5.74) is 0. The summed E-state index contributed by atoms with van der Waals surface area (Å²) >= 11 is 1.76. The molecule has 1 atom stereocenters. The van der Waals surface area contributed by atoms with Gasteiger partial charge in [0.05, 0.1) is 6.42 Å². The molecule has 0 saturated carbocycles. The van der Waals surface area contributed by atoms with Gasteiger partial charge in [0.2, 0.25) is 0 Å². The van der Waals surface area contributed by atoms with Crippen molar-refractivity contribution in [3.63, 3.8) is 0 Å². The number of amides is 2. The third-order valence-corrected chi connectivity index (χ3v) is 2.99. The highest BCUT2D eigenvalue weighted by atomic mass is 32.2. The summed E-state index contributed by atoms with van der Waals surface area (Å²) in [6.07, 6.45) is 4.25. The molecule has 0 spiro atoms. The van der Waals surface area contributed by atoms with E-state index in [1.807, 2.05) is 6.26 Å². The summed E-state index contributed by atoms with van der Waals surface area (Å²) in [5.74, 6) is -1.56. The zero-order valence-electron chi connectivity index (χ0n) is 10.8. The highest BCUT2D eigenvalue weighted by Gasteiger charge is 2.22. The molecule has 0 saturated heterocycles. The Labute approximate surface area is 116 Å². The van der Waals surface area contributed by atoms with E-state index in [2.05, 4.69) is 10.6 Å². The van der Waals surface area contributed by atoms with Crippen LogP contribution in [0.5, 0.6) is 0 Å². The van der Waals surface area contributed by atoms with Crippen LogP contribution in [-0.2, 0) is 9.59 Å². The van der Waals surface area contributed by atoms with Crippen LogP contribution >= 0.6 is 11.8 Å². The topological polar surface area (TPSA) is 116 Å². The average molecular weight is 292 g/mol. The third kappa shape index (κ3) is 10.2. The van der Waals surface area contributed by atoms with Crippen LogP contribution in [0.1, 0.15) is 25.7 Å². The van der Waals surface area contributed by atoms with Crippen molar-refractivity contribution < 1.29 is 24.6 Å². The van der Waals surface area contributed by atoms with Gasteiger partial charge in [0.1, 0.15) is 6.04 Å². The summed E-state index contributed by atoms with van der Waals surface area (Å²) in [7, 11) is 0. The first-order valence-electron chi connectivity index (χ1n) is 5.95. The van der Waals surface area contributed by atoms with Crippen LogP contribution in [0.25, 0.3) is 0 Å². The molecule has 0 aromatic rings. The largest absolute Gasteiger partial charge is 0.481 e. The Morgan fingerprint density at radius 1 is 1.16 bits per heavy atom. The number of urea groups is 1. The SMILES string of the molecule is CSCCCCCNC(=O)N[C@H](CC(=O)O)C(=O)O. The number of carbonyl (C=O) groups is 3. The van der Waals surface area contributed by atoms with E-state index < -0.39 is 30.4 Å². The average Bonchev–Trinajstić information content (AvgIpc) is 2.32. The van der Waals surface area contributed by atoms with Crippen molar-refractivity contribution in [1.29, 1.82) is 0 Å². The van der Waals surface area contributed by atoms with E-state index in [4.69, 9.17) is 10.2 Å². The zero-order chi connectivity index (χ0) is 14.7. The Balaban J connectivity index is 3.81. The molecule has 0 heterocycles. The van der Waals surface area contributed by atoms with Crippen LogP contribution in [-0.4, -0.2) is 52.8 Å². The van der Waals surface area contributed by atoms with Gasteiger partial charge in [-0.15, -0.1) is 0 Å². The Bertz CT molecular complexity index is 311. The molecular weight excluding hydrogens is 272 g/mol. The molecular formula is C11H20N2O5S. The van der Waals surface area contributed by atoms with Gasteiger partial charge in [0.25, 0.3) is 0 Å². The minimum absolute atomic E-state index is 0.444. The van der Waals surface area contributed by atoms with E-state index in [0.29, 0.717) is 6.54 Å². The molecule has 0 unspecified atom stereocenters. The van der Waals surface area contributed by atoms with Gasteiger partial charge in [-0.05, 0) is 24.9 Å². The van der Waals surface area contributed by atoms with Crippen molar-refractivity contribution in [3.05, 3.63) is 0 Å². The maximum absolute atomic E-state index is 11.3. The van der Waals surface area contributed by atoms with E-state index in [1.165, 1.54) is 0 Å². The van der Waals surface area contributed by atoms with Gasteiger partial charge in [-0.2, -0.15) is 11.8 Å². The lowest BCUT2D eigenvalue weighted by molar-refractivity contribution is -0.145. The summed E-state index contributed by atoms with van der Waals surface area (Å²) in [6.45, 7) is 0.444. The number of carboxylic acid groups (broad SMARTS) is 2. The van der Waals surface area contributed by atoms with E-state index in [-0.39, 0.29) is 0 Å². The molecule has 0 fully saturated rings. The van der Waals surface area contributed by atoms with Gasteiger partial charge in [0, 0.05) is 6.54 Å². The molecule has 0 aliphatic carbocycles. The molecule has 0 aromatic carbocycles. The fourth-order valence-corrected chi connectivity index (χ4v) is 1.83. The highest BCUT2D eigenvalue weighted by Crippen LogP contribution is 2.01. The summed E-state index contributed by atoms with van der Waals surface area (Å²) in [6, 6.07) is -2.06. The molecule has 4 N–H and O–H groups in total. The molecule has 0 aliphatic heterocycles. The maximum atomic E-state index is 11.3. The quantitative estimate of drug-likeness (QED) is 0.441. The number of nitrogens with one attached hydrogen (secondary N) is 2. The number of hydrogen-bond acceptors (Lipinski definition) is 4. The molecule has 0 radical (unpaired) electrons. The van der Waals surface area contributed by atoms with E-state index in [1.54, 1.807) is 11.8 Å². The molecule has 0 aromatic heterocycles. The minimum atomic E-state index is -1.41. The molecule has 0 aliphatic rings. The van der Waals surface area contributed by atoms with Gasteiger partial charge in [-0.25, -0.2) is 9.59 Å². The first-order valence-corrected chi connectivity index (χ1v) is 7.34. The van der Waals surface area contributed by atoms with Gasteiger partial charge in [-0.3, -0.25) is 4.79 Å². The first kappa shape index (κ1) is 17.6. The molecule has 2 amide bonds. The van der Waals surface area contributed by atoms with Crippen LogP contribution in [0, 0.1) is 0 Å². The van der Waals surface area contributed by atoms with Crippen LogP contribution in [0.4, 0.5) is 4.79 Å². The Hall–Kier alpha value is -1.44. The van der Waals surface area contributed by atoms with Crippen molar-refractivity contribution in [1.82, 2.24) is 10.6 Å². The van der Waals surface area contributed by atoms with Crippen LogP contribution in [0.2, 0.25) is 0 Å². The van der Waals surface area contributed by atoms with Crippen molar-refractivity contribution >= 4 is 29.7 Å². The van der Waals surface area contributed by atoms with Crippen molar-refractivity contribution in [2.24, 2.45) is 0 Å². The predicted molar refractivity (Wildman–Crippen MR) is 72.4 cm³/mol. The predicted octanol–water partition coefficient (Wildman–Crippen LogP) is 0.747. The standard InChI is InChI=1S/C11H20N2O5S/c1-19-6-4-2-3-5-12-11(18)13-8(10(16)17)7-9(14)15/h8H,2-7H2,1H3,(H,14,15)(H,16,17)(H2,12,13,18)/t8-/m1/s1. The Kier molecular flexibility index (Phi) is 9.69. The molecule has 0 bridgehead atoms. The second kappa shape index (κ2) is 10.5. The number of thioether (sulfide) groups is 1. The molecule has 8 heteroatoms. The normalized spacial score (nSPS) is 11.6. The second-order valence-electron chi connectivity index (χ2n) is 3.94. The van der Waals surface area contributed by atoms with Crippen LogP contribution in [0.15, 0.2) is 0 Å². The number of carbonyl (C=O) groups excluding carboxylic acids is 1. The summed E-state index contributed by atoms with van der Waals surface area (Å²) in [5, 5.41) is 21.9. The Morgan fingerprint density at radius 3 is 2.37 bits per heavy atom. The van der Waals surface area contributed by atoms with E-state index in [9.17, 15) is 14.4 Å². The lowest BCUT2D eigenvalue weighted by Gasteiger charge is -2.13. The second-order valence-corrected chi connectivity index (χ2v) is 4.93. The van der Waals surface area contributed by atoms with Gasteiger partial charge >= 0.3 is 18.0 Å². The van der Waals surface area contributed by atoms with Gasteiger partial charge < -0.3 is 20.8 Å². The first-order chi connectivity index (χ1) is 8.97. The number of hydrogen-bond donors (Lipinski definition) is 4. The lowest BCUT2D eigenvalue weighted by Crippen LogP contribution is -2.47. The van der Waals surface area contributed by atoms with Crippen molar-refractivity contribution in [3.8, 4) is 0 Å². The summed E-state index contributed by atoms with van der Waals surface area (Å²) in [4.78, 5) is 32.5. The lowest BCUT2D eigenvalue weighted by atomic mass is 10.2. The fourth-order valence-electron chi connectivity index (χ4n) is 1.33. The molecule has 0 rings (SSSR count). The zero-order valence-corrected chi connectivity index (χ0v) is 11.7. The van der Waals surface area contributed by atoms with Crippen molar-refractivity contribution in [2.45, 2.75) is 31.7 Å². The van der Waals surface area contributed by atoms with Gasteiger partial charge in [0.15, 0.2) is 0 Å². The number of rotatable bonds is 10. The highest BCUT2D eigenvalue weighted by molar-refractivity contribution is 7.98. The Morgan fingerprint density at radius 2 is 1.84 bits per heavy atom. The molecule has 7 nitrogen and oxygen atoms in total. The van der Waals surface area contributed by atoms with E-state index in [0.717, 1.165) is 25.0 Å². The smallest absolute Gasteiger partial charge is 0.326 e. The maximum Gasteiger partial charge on any atom is 0.326 e. The molecule has 19 heavy (non-hydrogen) atoms. The number of unbranched alkanes of at least 4 members (excludes halogenated alkanes) is 2. The van der Waals surface area contributed by atoms with Crippen molar-refractivity contribution in [2.75, 3.05) is 18.6 Å². The van der Waals surface area contributed by atoms with Gasteiger partial charge in [-0.1, -0.05) is 6.42 Å². The summed E-state index contributed by atoms with van der Waals surface area (Å²) < 4.78 is 0. The fraction of sp³-hybridized carbons (Fsp3) is 0.727. The number of carboxylic acids is 2. The third-order valence-electron chi connectivity index (χ3n) is 2.29. The van der Waals surface area contributed by atoms with Crippen LogP contribution < -0.4 is 10.6 Å². The van der Waals surface area contributed by atoms with E-state index >= 15 is 0 Å². The number of aliphatic carboxylic acids is 2. The monoisotopic (exact) mass is 292 g/mol. The minimum Gasteiger partial charge on any atom is -0.481 e. The molecule has 110 valence electrons.